The lowest BCUT2D eigenvalue weighted by atomic mass is 10.0. The van der Waals surface area contributed by atoms with Gasteiger partial charge in [-0.25, -0.2) is 0 Å². The predicted octanol–water partition coefficient (Wildman–Crippen LogP) is 3.49. The first-order valence-corrected chi connectivity index (χ1v) is 6.49. The molecule has 1 saturated heterocycles. The van der Waals surface area contributed by atoms with Gasteiger partial charge >= 0.3 is 0 Å². The molecule has 0 amide bonds. The Hall–Kier alpha value is -0.370. The Labute approximate surface area is 93.4 Å². The van der Waals surface area contributed by atoms with Crippen molar-refractivity contribution in [1.82, 2.24) is 0 Å². The molecular formula is C13H24O2. The monoisotopic (exact) mass is 212 g/mol. The third-order valence-corrected chi connectivity index (χ3v) is 3.07. The minimum Gasteiger partial charge on any atom is -0.370 e. The maximum atomic E-state index is 11.6. The van der Waals surface area contributed by atoms with Gasteiger partial charge in [-0.15, -0.1) is 0 Å². The van der Waals surface area contributed by atoms with E-state index in [0.29, 0.717) is 5.78 Å². The first-order chi connectivity index (χ1) is 7.34. The molecule has 0 radical (unpaired) electrons. The van der Waals surface area contributed by atoms with Gasteiger partial charge in [0, 0.05) is 13.0 Å². The van der Waals surface area contributed by atoms with Gasteiger partial charge in [0.05, 0.1) is 0 Å². The standard InChI is InChI=1S/C13H24O2/c1-2-3-4-5-6-7-9-12(14)13-10-8-11-15-13/h13H,2-11H2,1H3/t13-/m0/s1. The average Bonchev–Trinajstić information content (AvgIpc) is 2.76. The number of carbonyl (C=O) groups excluding carboxylic acids is 1. The summed E-state index contributed by atoms with van der Waals surface area (Å²) in [5.74, 6) is 0.336. The second-order valence-corrected chi connectivity index (χ2v) is 4.49. The van der Waals surface area contributed by atoms with E-state index in [9.17, 15) is 4.79 Å². The first kappa shape index (κ1) is 12.7. The highest BCUT2D eigenvalue weighted by atomic mass is 16.5. The molecule has 88 valence electrons. The Morgan fingerprint density at radius 3 is 2.60 bits per heavy atom. The number of ether oxygens (including phenoxy) is 1. The molecule has 0 aromatic heterocycles. The molecule has 0 aromatic carbocycles. The van der Waals surface area contributed by atoms with Gasteiger partial charge in [0.2, 0.25) is 0 Å². The molecule has 1 heterocycles. The summed E-state index contributed by atoms with van der Waals surface area (Å²) >= 11 is 0. The van der Waals surface area contributed by atoms with Crippen LogP contribution in [-0.2, 0) is 9.53 Å². The zero-order valence-electron chi connectivity index (χ0n) is 9.96. The molecule has 15 heavy (non-hydrogen) atoms. The third kappa shape index (κ3) is 5.31. The molecule has 0 N–H and O–H groups in total. The van der Waals surface area contributed by atoms with Gasteiger partial charge in [-0.3, -0.25) is 4.79 Å². The van der Waals surface area contributed by atoms with E-state index >= 15 is 0 Å². The van der Waals surface area contributed by atoms with Gasteiger partial charge < -0.3 is 4.74 Å². The Morgan fingerprint density at radius 2 is 1.93 bits per heavy atom. The first-order valence-electron chi connectivity index (χ1n) is 6.49. The summed E-state index contributed by atoms with van der Waals surface area (Å²) in [5, 5.41) is 0. The fourth-order valence-electron chi connectivity index (χ4n) is 2.07. The number of Topliss-reactive ketones (excluding diaryl/α,β-unsaturated/α-hetero) is 1. The maximum Gasteiger partial charge on any atom is 0.161 e. The summed E-state index contributed by atoms with van der Waals surface area (Å²) in [7, 11) is 0. The smallest absolute Gasteiger partial charge is 0.161 e. The Balaban J connectivity index is 1.92. The van der Waals surface area contributed by atoms with E-state index in [1.807, 2.05) is 0 Å². The number of ketones is 1. The summed E-state index contributed by atoms with van der Waals surface area (Å²) in [4.78, 5) is 11.6. The van der Waals surface area contributed by atoms with Gasteiger partial charge in [-0.2, -0.15) is 0 Å². The zero-order chi connectivity index (χ0) is 10.9. The van der Waals surface area contributed by atoms with Crippen molar-refractivity contribution >= 4 is 5.78 Å². The van der Waals surface area contributed by atoms with Crippen molar-refractivity contribution in [1.29, 1.82) is 0 Å². The van der Waals surface area contributed by atoms with E-state index in [2.05, 4.69) is 6.92 Å². The van der Waals surface area contributed by atoms with E-state index in [1.54, 1.807) is 0 Å². The fraction of sp³-hybridized carbons (Fsp3) is 0.923. The summed E-state index contributed by atoms with van der Waals surface area (Å²) < 4.78 is 5.36. The van der Waals surface area contributed by atoms with Gasteiger partial charge in [-0.05, 0) is 19.3 Å². The third-order valence-electron chi connectivity index (χ3n) is 3.07. The van der Waals surface area contributed by atoms with Gasteiger partial charge in [0.1, 0.15) is 6.10 Å². The fourth-order valence-corrected chi connectivity index (χ4v) is 2.07. The number of unbranched alkanes of at least 4 members (excludes halogenated alkanes) is 5. The largest absolute Gasteiger partial charge is 0.370 e. The molecule has 1 aliphatic rings. The van der Waals surface area contributed by atoms with Crippen LogP contribution < -0.4 is 0 Å². The van der Waals surface area contributed by atoms with Crippen LogP contribution in [0.1, 0.15) is 64.7 Å². The molecule has 0 aliphatic carbocycles. The van der Waals surface area contributed by atoms with Crippen LogP contribution in [0.3, 0.4) is 0 Å². The van der Waals surface area contributed by atoms with Crippen LogP contribution in [0, 0.1) is 0 Å². The topological polar surface area (TPSA) is 26.3 Å². The van der Waals surface area contributed by atoms with E-state index in [-0.39, 0.29) is 6.10 Å². The molecule has 1 rings (SSSR count). The molecule has 1 atom stereocenters. The highest BCUT2D eigenvalue weighted by molar-refractivity contribution is 5.83. The van der Waals surface area contributed by atoms with Crippen LogP contribution in [0.5, 0.6) is 0 Å². The van der Waals surface area contributed by atoms with Crippen molar-refractivity contribution in [3.8, 4) is 0 Å². The Kier molecular flexibility index (Phi) is 6.66. The van der Waals surface area contributed by atoms with Crippen LogP contribution in [0.15, 0.2) is 0 Å². The number of hydrogen-bond donors (Lipinski definition) is 0. The number of hydrogen-bond acceptors (Lipinski definition) is 2. The predicted molar refractivity (Wildman–Crippen MR) is 62.0 cm³/mol. The lowest BCUT2D eigenvalue weighted by molar-refractivity contribution is -0.127. The van der Waals surface area contributed by atoms with Crippen LogP contribution in [0.4, 0.5) is 0 Å². The quantitative estimate of drug-likeness (QED) is 0.576. The minimum absolute atomic E-state index is 0.0550. The molecule has 0 unspecified atom stereocenters. The summed E-state index contributed by atoms with van der Waals surface area (Å²) in [6, 6.07) is 0. The average molecular weight is 212 g/mol. The van der Waals surface area contributed by atoms with E-state index in [1.165, 1.54) is 32.1 Å². The molecule has 2 nitrogen and oxygen atoms in total. The van der Waals surface area contributed by atoms with Crippen LogP contribution in [0.2, 0.25) is 0 Å². The Morgan fingerprint density at radius 1 is 1.20 bits per heavy atom. The summed E-state index contributed by atoms with van der Waals surface area (Å²) in [5.41, 5.74) is 0. The molecular weight excluding hydrogens is 188 g/mol. The van der Waals surface area contributed by atoms with Gasteiger partial charge in [0.15, 0.2) is 5.78 Å². The molecule has 0 spiro atoms. The number of carbonyl (C=O) groups is 1. The maximum absolute atomic E-state index is 11.6. The van der Waals surface area contributed by atoms with E-state index in [4.69, 9.17) is 4.74 Å². The highest BCUT2D eigenvalue weighted by Crippen LogP contribution is 2.16. The van der Waals surface area contributed by atoms with Crippen LogP contribution in [0.25, 0.3) is 0 Å². The zero-order valence-corrected chi connectivity index (χ0v) is 9.96. The molecule has 2 heteroatoms. The lowest BCUT2D eigenvalue weighted by Gasteiger charge is -2.07. The lowest BCUT2D eigenvalue weighted by Crippen LogP contribution is -2.18. The number of rotatable bonds is 8. The second kappa shape index (κ2) is 7.86. The SMILES string of the molecule is CCCCCCCCC(=O)[C@@H]1CCCO1. The van der Waals surface area contributed by atoms with Crippen molar-refractivity contribution in [3.05, 3.63) is 0 Å². The van der Waals surface area contributed by atoms with Crippen molar-refractivity contribution in [2.75, 3.05) is 6.61 Å². The normalized spacial score (nSPS) is 20.7. The van der Waals surface area contributed by atoms with Crippen molar-refractivity contribution in [2.45, 2.75) is 70.8 Å². The molecule has 0 aromatic rings. The summed E-state index contributed by atoms with van der Waals surface area (Å²) in [6.07, 6.45) is 10.2. The highest BCUT2D eigenvalue weighted by Gasteiger charge is 2.22. The van der Waals surface area contributed by atoms with E-state index in [0.717, 1.165) is 32.3 Å². The van der Waals surface area contributed by atoms with Gasteiger partial charge in [0.25, 0.3) is 0 Å². The summed E-state index contributed by atoms with van der Waals surface area (Å²) in [6.45, 7) is 3.01. The Bertz CT molecular complexity index is 171. The second-order valence-electron chi connectivity index (χ2n) is 4.49. The van der Waals surface area contributed by atoms with Gasteiger partial charge in [-0.1, -0.05) is 39.0 Å². The van der Waals surface area contributed by atoms with E-state index < -0.39 is 0 Å². The van der Waals surface area contributed by atoms with Crippen molar-refractivity contribution < 1.29 is 9.53 Å². The minimum atomic E-state index is -0.0550. The molecule has 1 fully saturated rings. The van der Waals surface area contributed by atoms with Crippen LogP contribution in [-0.4, -0.2) is 18.5 Å². The van der Waals surface area contributed by atoms with Crippen molar-refractivity contribution in [3.63, 3.8) is 0 Å². The molecule has 0 saturated carbocycles. The molecule has 0 bridgehead atoms. The molecule has 1 aliphatic heterocycles. The van der Waals surface area contributed by atoms with Crippen molar-refractivity contribution in [2.24, 2.45) is 0 Å². The van der Waals surface area contributed by atoms with Crippen LogP contribution >= 0.6 is 0 Å².